The fourth-order valence-electron chi connectivity index (χ4n) is 6.63. The number of hydrogen-bond acceptors (Lipinski definition) is 6. The van der Waals surface area contributed by atoms with Crippen molar-refractivity contribution < 1.29 is 28.6 Å². The fourth-order valence-corrected chi connectivity index (χ4v) is 6.63. The Morgan fingerprint density at radius 2 is 0.647 bits per heavy atom. The standard InChI is InChI=1S/C45H86O6/c1-5-7-9-11-12-13-14-15-16-17-18-19-20-21-22-23-24-29-33-37-44(47)50-40-42(39-49-43(46)36-32-27-10-8-6-2)51-45(48)38-34-30-26-25-28-31-35-41(3)4/h41-42H,5-40H2,1-4H3/t42-/m0/s1. The zero-order valence-electron chi connectivity index (χ0n) is 34.6. The van der Waals surface area contributed by atoms with Crippen molar-refractivity contribution in [1.29, 1.82) is 0 Å². The first-order valence-corrected chi connectivity index (χ1v) is 22.4. The maximum Gasteiger partial charge on any atom is 0.306 e. The topological polar surface area (TPSA) is 78.9 Å². The lowest BCUT2D eigenvalue weighted by Gasteiger charge is -2.18. The number of carbonyl (C=O) groups excluding carboxylic acids is 3. The minimum Gasteiger partial charge on any atom is -0.462 e. The van der Waals surface area contributed by atoms with Crippen molar-refractivity contribution in [3.05, 3.63) is 0 Å². The summed E-state index contributed by atoms with van der Waals surface area (Å²) in [6.45, 7) is 8.84. The van der Waals surface area contributed by atoms with Crippen LogP contribution in [0.15, 0.2) is 0 Å². The van der Waals surface area contributed by atoms with E-state index in [0.717, 1.165) is 70.1 Å². The summed E-state index contributed by atoms with van der Waals surface area (Å²) < 4.78 is 16.6. The number of rotatable bonds is 40. The molecule has 0 aromatic rings. The van der Waals surface area contributed by atoms with Crippen molar-refractivity contribution in [2.75, 3.05) is 13.2 Å². The molecule has 0 saturated heterocycles. The largest absolute Gasteiger partial charge is 0.462 e. The first-order chi connectivity index (χ1) is 24.9. The molecule has 0 saturated carbocycles. The monoisotopic (exact) mass is 723 g/mol. The molecule has 0 aliphatic heterocycles. The number of ether oxygens (including phenoxy) is 3. The van der Waals surface area contributed by atoms with Gasteiger partial charge >= 0.3 is 17.9 Å². The summed E-state index contributed by atoms with van der Waals surface area (Å²) in [5.74, 6) is -0.117. The van der Waals surface area contributed by atoms with Crippen molar-refractivity contribution in [3.8, 4) is 0 Å². The predicted octanol–water partition coefficient (Wildman–Crippen LogP) is 13.9. The second kappa shape index (κ2) is 39.6. The highest BCUT2D eigenvalue weighted by Gasteiger charge is 2.19. The highest BCUT2D eigenvalue weighted by atomic mass is 16.6. The van der Waals surface area contributed by atoms with Gasteiger partial charge in [-0.1, -0.05) is 207 Å². The molecule has 51 heavy (non-hydrogen) atoms. The molecule has 0 rings (SSSR count). The van der Waals surface area contributed by atoms with Crippen LogP contribution in [0.1, 0.15) is 246 Å². The van der Waals surface area contributed by atoms with Crippen LogP contribution in [0.5, 0.6) is 0 Å². The molecule has 0 aromatic carbocycles. The second-order valence-corrected chi connectivity index (χ2v) is 15.8. The maximum atomic E-state index is 12.6. The molecule has 1 atom stereocenters. The molecule has 0 bridgehead atoms. The predicted molar refractivity (Wildman–Crippen MR) is 215 cm³/mol. The Kier molecular flexibility index (Phi) is 38.4. The van der Waals surface area contributed by atoms with E-state index in [1.54, 1.807) is 0 Å². The molecular formula is C45H86O6. The smallest absolute Gasteiger partial charge is 0.306 e. The van der Waals surface area contributed by atoms with Gasteiger partial charge in [-0.2, -0.15) is 0 Å². The molecule has 0 amide bonds. The van der Waals surface area contributed by atoms with Crippen LogP contribution in [-0.4, -0.2) is 37.2 Å². The first kappa shape index (κ1) is 49.4. The van der Waals surface area contributed by atoms with Crippen LogP contribution in [0.4, 0.5) is 0 Å². The van der Waals surface area contributed by atoms with E-state index < -0.39 is 6.10 Å². The summed E-state index contributed by atoms with van der Waals surface area (Å²) in [6, 6.07) is 0. The maximum absolute atomic E-state index is 12.6. The lowest BCUT2D eigenvalue weighted by atomic mass is 10.0. The minimum absolute atomic E-state index is 0.0661. The summed E-state index contributed by atoms with van der Waals surface area (Å²) >= 11 is 0. The third kappa shape index (κ3) is 39.5. The van der Waals surface area contributed by atoms with Crippen LogP contribution in [0, 0.1) is 5.92 Å². The Hall–Kier alpha value is -1.59. The van der Waals surface area contributed by atoms with Gasteiger partial charge in [-0.3, -0.25) is 14.4 Å². The molecule has 0 heterocycles. The Morgan fingerprint density at radius 1 is 0.373 bits per heavy atom. The molecule has 6 nitrogen and oxygen atoms in total. The van der Waals surface area contributed by atoms with Crippen LogP contribution in [-0.2, 0) is 28.6 Å². The number of unbranched alkanes of at least 4 members (excludes halogenated alkanes) is 27. The molecule has 0 fully saturated rings. The van der Waals surface area contributed by atoms with Gasteiger partial charge < -0.3 is 14.2 Å². The summed E-state index contributed by atoms with van der Waals surface area (Å²) in [6.07, 6.45) is 38.5. The molecule has 0 spiro atoms. The van der Waals surface area contributed by atoms with Crippen molar-refractivity contribution in [1.82, 2.24) is 0 Å². The van der Waals surface area contributed by atoms with Crippen molar-refractivity contribution in [3.63, 3.8) is 0 Å². The van der Waals surface area contributed by atoms with Crippen molar-refractivity contribution >= 4 is 17.9 Å². The number of hydrogen-bond donors (Lipinski definition) is 0. The van der Waals surface area contributed by atoms with E-state index in [2.05, 4.69) is 27.7 Å². The van der Waals surface area contributed by atoms with Gasteiger partial charge in [-0.05, 0) is 25.2 Å². The number of carbonyl (C=O) groups is 3. The van der Waals surface area contributed by atoms with E-state index in [-0.39, 0.29) is 31.1 Å². The first-order valence-electron chi connectivity index (χ1n) is 22.4. The van der Waals surface area contributed by atoms with Gasteiger partial charge in [0.05, 0.1) is 0 Å². The zero-order valence-corrected chi connectivity index (χ0v) is 34.6. The lowest BCUT2D eigenvalue weighted by molar-refractivity contribution is -0.167. The fraction of sp³-hybridized carbons (Fsp3) is 0.933. The SMILES string of the molecule is CCCCCCCCCCCCCCCCCCCCCC(=O)OC[C@H](COC(=O)CCCCCCC)OC(=O)CCCCCCCCC(C)C. The van der Waals surface area contributed by atoms with Crippen molar-refractivity contribution in [2.24, 2.45) is 5.92 Å². The summed E-state index contributed by atoms with van der Waals surface area (Å²) in [7, 11) is 0. The molecule has 0 N–H and O–H groups in total. The molecule has 0 aromatic heterocycles. The quantitative estimate of drug-likeness (QED) is 0.0356. The third-order valence-corrected chi connectivity index (χ3v) is 10.0. The van der Waals surface area contributed by atoms with E-state index in [1.807, 2.05) is 0 Å². The molecule has 0 aliphatic carbocycles. The Bertz CT molecular complexity index is 766. The van der Waals surface area contributed by atoms with Gasteiger partial charge in [0, 0.05) is 19.3 Å². The van der Waals surface area contributed by atoms with E-state index in [1.165, 1.54) is 135 Å². The molecule has 0 radical (unpaired) electrons. The minimum atomic E-state index is -0.758. The highest BCUT2D eigenvalue weighted by molar-refractivity contribution is 5.71. The van der Waals surface area contributed by atoms with E-state index in [4.69, 9.17) is 14.2 Å². The summed E-state index contributed by atoms with van der Waals surface area (Å²) in [5, 5.41) is 0. The third-order valence-electron chi connectivity index (χ3n) is 10.0. The van der Waals surface area contributed by atoms with Crippen molar-refractivity contribution in [2.45, 2.75) is 252 Å². The molecule has 0 aliphatic rings. The van der Waals surface area contributed by atoms with Crippen LogP contribution >= 0.6 is 0 Å². The van der Waals surface area contributed by atoms with Crippen LogP contribution in [0.3, 0.4) is 0 Å². The summed E-state index contributed by atoms with van der Waals surface area (Å²) in [4.78, 5) is 37.3. The number of esters is 3. The van der Waals surface area contributed by atoms with Gasteiger partial charge in [0.15, 0.2) is 6.10 Å². The molecular weight excluding hydrogens is 636 g/mol. The second-order valence-electron chi connectivity index (χ2n) is 15.8. The van der Waals surface area contributed by atoms with E-state index >= 15 is 0 Å². The molecule has 6 heteroatoms. The average molecular weight is 723 g/mol. The van der Waals surface area contributed by atoms with E-state index in [9.17, 15) is 14.4 Å². The van der Waals surface area contributed by atoms with E-state index in [0.29, 0.717) is 19.3 Å². The Morgan fingerprint density at radius 3 is 0.961 bits per heavy atom. The van der Waals surface area contributed by atoms with Crippen LogP contribution in [0.2, 0.25) is 0 Å². The van der Waals surface area contributed by atoms with Gasteiger partial charge in [-0.15, -0.1) is 0 Å². The molecule has 302 valence electrons. The Labute approximate surface area is 317 Å². The van der Waals surface area contributed by atoms with Gasteiger partial charge in [0.1, 0.15) is 13.2 Å². The Balaban J connectivity index is 4.07. The molecule has 0 unspecified atom stereocenters. The highest BCUT2D eigenvalue weighted by Crippen LogP contribution is 2.16. The average Bonchev–Trinajstić information content (AvgIpc) is 3.11. The van der Waals surface area contributed by atoms with Gasteiger partial charge in [0.2, 0.25) is 0 Å². The zero-order chi connectivity index (χ0) is 37.5. The van der Waals surface area contributed by atoms with Crippen LogP contribution < -0.4 is 0 Å². The van der Waals surface area contributed by atoms with Crippen LogP contribution in [0.25, 0.3) is 0 Å². The van der Waals surface area contributed by atoms with Gasteiger partial charge in [0.25, 0.3) is 0 Å². The normalized spacial score (nSPS) is 11.9. The summed E-state index contributed by atoms with van der Waals surface area (Å²) in [5.41, 5.74) is 0. The lowest BCUT2D eigenvalue weighted by Crippen LogP contribution is -2.30. The van der Waals surface area contributed by atoms with Gasteiger partial charge in [-0.25, -0.2) is 0 Å².